The molecule has 0 saturated carbocycles. The van der Waals surface area contributed by atoms with Crippen LogP contribution in [0.4, 0.5) is 0 Å². The molecule has 4 heteroatoms. The SMILES string of the molecule is Cc1ccc(/C(C#N)=C\c2ccc3c(c2)n(C)c(=O)n3C)cc1. The average molecular weight is 303 g/mol. The zero-order chi connectivity index (χ0) is 16.6. The predicted octanol–water partition coefficient (Wildman–Crippen LogP) is 3.25. The normalized spacial score (nSPS) is 11.7. The summed E-state index contributed by atoms with van der Waals surface area (Å²) < 4.78 is 3.23. The van der Waals surface area contributed by atoms with Gasteiger partial charge in [-0.25, -0.2) is 4.79 Å². The molecular formula is C19H17N3O. The largest absolute Gasteiger partial charge is 0.328 e. The van der Waals surface area contributed by atoms with Crippen molar-refractivity contribution >= 4 is 22.7 Å². The minimum atomic E-state index is -0.0554. The summed E-state index contributed by atoms with van der Waals surface area (Å²) in [5.41, 5.74) is 5.23. The van der Waals surface area contributed by atoms with Crippen molar-refractivity contribution < 1.29 is 0 Å². The molecule has 0 aliphatic rings. The van der Waals surface area contributed by atoms with Gasteiger partial charge in [0.15, 0.2) is 0 Å². The van der Waals surface area contributed by atoms with Crippen LogP contribution in [0.15, 0.2) is 47.3 Å². The highest BCUT2D eigenvalue weighted by atomic mass is 16.1. The van der Waals surface area contributed by atoms with E-state index in [4.69, 9.17) is 0 Å². The van der Waals surface area contributed by atoms with Crippen LogP contribution < -0.4 is 5.69 Å². The van der Waals surface area contributed by atoms with Crippen molar-refractivity contribution in [2.75, 3.05) is 0 Å². The predicted molar refractivity (Wildman–Crippen MR) is 92.8 cm³/mol. The Labute approximate surface area is 134 Å². The quantitative estimate of drug-likeness (QED) is 0.539. The van der Waals surface area contributed by atoms with Gasteiger partial charge in [-0.05, 0) is 36.3 Å². The molecule has 114 valence electrons. The molecular weight excluding hydrogens is 286 g/mol. The fourth-order valence-electron chi connectivity index (χ4n) is 2.69. The number of benzene rings is 2. The van der Waals surface area contributed by atoms with E-state index in [1.165, 1.54) is 0 Å². The minimum Gasteiger partial charge on any atom is -0.295 e. The van der Waals surface area contributed by atoms with E-state index < -0.39 is 0 Å². The van der Waals surface area contributed by atoms with Crippen molar-refractivity contribution in [3.8, 4) is 6.07 Å². The van der Waals surface area contributed by atoms with Gasteiger partial charge in [0, 0.05) is 14.1 Å². The van der Waals surface area contributed by atoms with Gasteiger partial charge in [-0.1, -0.05) is 35.9 Å². The molecule has 23 heavy (non-hydrogen) atoms. The van der Waals surface area contributed by atoms with Crippen molar-refractivity contribution in [3.63, 3.8) is 0 Å². The Bertz CT molecular complexity index is 1010. The fourth-order valence-corrected chi connectivity index (χ4v) is 2.69. The zero-order valence-electron chi connectivity index (χ0n) is 13.4. The van der Waals surface area contributed by atoms with Crippen LogP contribution in [-0.2, 0) is 14.1 Å². The topological polar surface area (TPSA) is 50.7 Å². The van der Waals surface area contributed by atoms with Gasteiger partial charge in [0.2, 0.25) is 0 Å². The molecule has 0 saturated heterocycles. The zero-order valence-corrected chi connectivity index (χ0v) is 13.4. The van der Waals surface area contributed by atoms with Gasteiger partial charge in [-0.15, -0.1) is 0 Å². The monoisotopic (exact) mass is 303 g/mol. The average Bonchev–Trinajstić information content (AvgIpc) is 2.78. The lowest BCUT2D eigenvalue weighted by atomic mass is 10.0. The van der Waals surface area contributed by atoms with E-state index in [-0.39, 0.29) is 5.69 Å². The maximum Gasteiger partial charge on any atom is 0.328 e. The minimum absolute atomic E-state index is 0.0554. The summed E-state index contributed by atoms with van der Waals surface area (Å²) in [6, 6.07) is 15.9. The molecule has 0 aliphatic heterocycles. The van der Waals surface area contributed by atoms with E-state index in [1.807, 2.05) is 55.5 Å². The van der Waals surface area contributed by atoms with Crippen LogP contribution in [0.1, 0.15) is 16.7 Å². The van der Waals surface area contributed by atoms with Crippen LogP contribution in [0.3, 0.4) is 0 Å². The fraction of sp³-hybridized carbons (Fsp3) is 0.158. The molecule has 0 radical (unpaired) electrons. The highest BCUT2D eigenvalue weighted by molar-refractivity contribution is 5.91. The van der Waals surface area contributed by atoms with Crippen LogP contribution in [0.25, 0.3) is 22.7 Å². The van der Waals surface area contributed by atoms with Crippen LogP contribution in [0, 0.1) is 18.3 Å². The molecule has 0 aliphatic carbocycles. The molecule has 4 nitrogen and oxygen atoms in total. The van der Waals surface area contributed by atoms with Gasteiger partial charge in [-0.3, -0.25) is 9.13 Å². The number of imidazole rings is 1. The molecule has 0 spiro atoms. The summed E-state index contributed by atoms with van der Waals surface area (Å²) >= 11 is 0. The van der Waals surface area contributed by atoms with E-state index >= 15 is 0 Å². The first-order chi connectivity index (χ1) is 11.0. The third-order valence-corrected chi connectivity index (χ3v) is 4.09. The number of hydrogen-bond donors (Lipinski definition) is 0. The third kappa shape index (κ3) is 2.58. The molecule has 0 N–H and O–H groups in total. The third-order valence-electron chi connectivity index (χ3n) is 4.09. The Balaban J connectivity index is 2.12. The maximum absolute atomic E-state index is 12.0. The standard InChI is InChI=1S/C19H17N3O/c1-13-4-7-15(8-5-13)16(12-20)10-14-6-9-17-18(11-14)22(3)19(23)21(17)2/h4-11H,1-3H3/b16-10-. The van der Waals surface area contributed by atoms with Crippen molar-refractivity contribution in [1.82, 2.24) is 9.13 Å². The molecule has 0 amide bonds. The number of aryl methyl sites for hydroxylation is 3. The first-order valence-corrected chi connectivity index (χ1v) is 7.35. The maximum atomic E-state index is 12.0. The first kappa shape index (κ1) is 14.9. The Hall–Kier alpha value is -3.06. The molecule has 0 bridgehead atoms. The van der Waals surface area contributed by atoms with E-state index in [0.29, 0.717) is 5.57 Å². The molecule has 3 aromatic rings. The van der Waals surface area contributed by atoms with E-state index in [9.17, 15) is 10.1 Å². The summed E-state index contributed by atoms with van der Waals surface area (Å²) in [7, 11) is 3.51. The van der Waals surface area contributed by atoms with Gasteiger partial charge < -0.3 is 0 Å². The van der Waals surface area contributed by atoms with Crippen molar-refractivity contribution in [2.24, 2.45) is 14.1 Å². The molecule has 0 atom stereocenters. The molecule has 0 unspecified atom stereocenters. The number of aromatic nitrogens is 2. The Morgan fingerprint density at radius 3 is 2.35 bits per heavy atom. The van der Waals surface area contributed by atoms with Gasteiger partial charge in [0.05, 0.1) is 22.7 Å². The number of rotatable bonds is 2. The van der Waals surface area contributed by atoms with Crippen LogP contribution in [0.2, 0.25) is 0 Å². The number of allylic oxidation sites excluding steroid dienone is 1. The van der Waals surface area contributed by atoms with Gasteiger partial charge >= 0.3 is 5.69 Å². The van der Waals surface area contributed by atoms with Crippen LogP contribution in [-0.4, -0.2) is 9.13 Å². The Kier molecular flexibility index (Phi) is 3.63. The molecule has 1 heterocycles. The van der Waals surface area contributed by atoms with Crippen LogP contribution in [0.5, 0.6) is 0 Å². The molecule has 0 fully saturated rings. The lowest BCUT2D eigenvalue weighted by Gasteiger charge is -2.02. The van der Waals surface area contributed by atoms with Gasteiger partial charge in [0.1, 0.15) is 0 Å². The smallest absolute Gasteiger partial charge is 0.295 e. The van der Waals surface area contributed by atoms with E-state index in [1.54, 1.807) is 23.2 Å². The molecule has 3 rings (SSSR count). The summed E-state index contributed by atoms with van der Waals surface area (Å²) in [4.78, 5) is 12.0. The summed E-state index contributed by atoms with van der Waals surface area (Å²) in [6.45, 7) is 2.02. The Morgan fingerprint density at radius 2 is 1.70 bits per heavy atom. The van der Waals surface area contributed by atoms with Gasteiger partial charge in [0.25, 0.3) is 0 Å². The number of nitrogens with zero attached hydrogens (tertiary/aromatic N) is 3. The lowest BCUT2D eigenvalue weighted by molar-refractivity contribution is 0.795. The first-order valence-electron chi connectivity index (χ1n) is 7.35. The van der Waals surface area contributed by atoms with Crippen molar-refractivity contribution in [3.05, 3.63) is 69.6 Å². The number of nitriles is 1. The van der Waals surface area contributed by atoms with Crippen molar-refractivity contribution in [1.29, 1.82) is 5.26 Å². The second-order valence-corrected chi connectivity index (χ2v) is 5.68. The highest BCUT2D eigenvalue weighted by Gasteiger charge is 2.08. The Morgan fingerprint density at radius 1 is 1.04 bits per heavy atom. The summed E-state index contributed by atoms with van der Waals surface area (Å²) in [5, 5.41) is 9.45. The molecule has 1 aromatic heterocycles. The van der Waals surface area contributed by atoms with E-state index in [2.05, 4.69) is 6.07 Å². The second-order valence-electron chi connectivity index (χ2n) is 5.68. The summed E-state index contributed by atoms with van der Waals surface area (Å²) in [6.07, 6.45) is 1.85. The second kappa shape index (κ2) is 5.62. The number of fused-ring (bicyclic) bond motifs is 1. The van der Waals surface area contributed by atoms with Crippen molar-refractivity contribution in [2.45, 2.75) is 6.92 Å². The summed E-state index contributed by atoms with van der Waals surface area (Å²) in [5.74, 6) is 0. The van der Waals surface area contributed by atoms with E-state index in [0.717, 1.165) is 27.7 Å². The highest BCUT2D eigenvalue weighted by Crippen LogP contribution is 2.21. The molecule has 2 aromatic carbocycles. The lowest BCUT2D eigenvalue weighted by Crippen LogP contribution is -2.19. The number of hydrogen-bond acceptors (Lipinski definition) is 2. The van der Waals surface area contributed by atoms with Crippen LogP contribution >= 0.6 is 0 Å². The van der Waals surface area contributed by atoms with Gasteiger partial charge in [-0.2, -0.15) is 5.26 Å².